The number of amides is 1. The van der Waals surface area contributed by atoms with Gasteiger partial charge in [-0.2, -0.15) is 0 Å². The smallest absolute Gasteiger partial charge is 0.260 e. The normalized spacial score (nSPS) is 14.9. The van der Waals surface area contributed by atoms with Crippen LogP contribution in [0.4, 0.5) is 0 Å². The highest BCUT2D eigenvalue weighted by molar-refractivity contribution is 5.98. The molecule has 0 aromatic heterocycles. The number of Topliss-reactive ketones (excluding diaryl/α,β-unsaturated/α-hetero) is 1. The largest absolute Gasteiger partial charge is 0.484 e. The van der Waals surface area contributed by atoms with E-state index in [1.165, 1.54) is 5.56 Å². The minimum absolute atomic E-state index is 0.00196. The highest BCUT2D eigenvalue weighted by Crippen LogP contribution is 2.22. The molecule has 26 heavy (non-hydrogen) atoms. The lowest BCUT2D eigenvalue weighted by molar-refractivity contribution is -0.134. The van der Waals surface area contributed by atoms with Gasteiger partial charge in [0, 0.05) is 24.6 Å². The summed E-state index contributed by atoms with van der Waals surface area (Å²) in [4.78, 5) is 26.7. The van der Waals surface area contributed by atoms with Crippen LogP contribution >= 0.6 is 0 Å². The van der Waals surface area contributed by atoms with E-state index in [9.17, 15) is 9.59 Å². The van der Waals surface area contributed by atoms with E-state index in [1.807, 2.05) is 62.4 Å². The molecule has 2 aromatic carbocycles. The number of ether oxygens (including phenoxy) is 1. The summed E-state index contributed by atoms with van der Waals surface area (Å²) in [6.07, 6.45) is 1.42. The van der Waals surface area contributed by atoms with Crippen molar-refractivity contribution in [1.29, 1.82) is 0 Å². The summed E-state index contributed by atoms with van der Waals surface area (Å²) in [5.41, 5.74) is 3.11. The highest BCUT2D eigenvalue weighted by Gasteiger charge is 2.27. The quantitative estimate of drug-likeness (QED) is 0.770. The lowest BCUT2D eigenvalue weighted by Gasteiger charge is -2.31. The van der Waals surface area contributed by atoms with Gasteiger partial charge in [-0.25, -0.2) is 0 Å². The van der Waals surface area contributed by atoms with Crippen LogP contribution in [0.2, 0.25) is 0 Å². The van der Waals surface area contributed by atoms with Crippen LogP contribution < -0.4 is 4.74 Å². The van der Waals surface area contributed by atoms with Gasteiger partial charge >= 0.3 is 0 Å². The molecular formula is C22H25NO3. The third-order valence-corrected chi connectivity index (χ3v) is 5.12. The first-order valence-electron chi connectivity index (χ1n) is 9.11. The Morgan fingerprint density at radius 3 is 2.35 bits per heavy atom. The maximum Gasteiger partial charge on any atom is 0.260 e. The standard InChI is InChI=1S/C22H25NO3/c1-16-8-9-20(14-17(16)2)26-15-21(24)23-12-10-19(11-13-23)22(25)18-6-4-3-5-7-18/h3-9,14,19H,10-13,15H2,1-2H3. The number of piperidine rings is 1. The number of nitrogens with zero attached hydrogens (tertiary/aromatic N) is 1. The molecule has 136 valence electrons. The summed E-state index contributed by atoms with van der Waals surface area (Å²) in [5.74, 6) is 0.885. The average Bonchev–Trinajstić information content (AvgIpc) is 2.69. The molecule has 1 saturated heterocycles. The summed E-state index contributed by atoms with van der Waals surface area (Å²) in [5, 5.41) is 0. The van der Waals surface area contributed by atoms with E-state index >= 15 is 0 Å². The van der Waals surface area contributed by atoms with Crippen molar-refractivity contribution in [3.63, 3.8) is 0 Å². The molecule has 0 unspecified atom stereocenters. The highest BCUT2D eigenvalue weighted by atomic mass is 16.5. The number of rotatable bonds is 5. The molecule has 3 rings (SSSR count). The molecule has 0 aliphatic carbocycles. The number of hydrogen-bond donors (Lipinski definition) is 0. The Bertz CT molecular complexity index is 777. The molecule has 0 spiro atoms. The van der Waals surface area contributed by atoms with Crippen LogP contribution in [0.25, 0.3) is 0 Å². The van der Waals surface area contributed by atoms with Crippen molar-refractivity contribution in [2.75, 3.05) is 19.7 Å². The summed E-state index contributed by atoms with van der Waals surface area (Å²) >= 11 is 0. The van der Waals surface area contributed by atoms with Crippen molar-refractivity contribution in [2.45, 2.75) is 26.7 Å². The molecule has 0 radical (unpaired) electrons. The number of aryl methyl sites for hydroxylation is 2. The zero-order valence-corrected chi connectivity index (χ0v) is 15.4. The second-order valence-electron chi connectivity index (χ2n) is 6.92. The van der Waals surface area contributed by atoms with Crippen molar-refractivity contribution in [2.24, 2.45) is 5.92 Å². The van der Waals surface area contributed by atoms with Crippen LogP contribution in [0.1, 0.15) is 34.3 Å². The van der Waals surface area contributed by atoms with Gasteiger partial charge in [-0.05, 0) is 49.9 Å². The third-order valence-electron chi connectivity index (χ3n) is 5.12. The van der Waals surface area contributed by atoms with E-state index in [1.54, 1.807) is 4.90 Å². The van der Waals surface area contributed by atoms with Gasteiger partial charge in [0.2, 0.25) is 0 Å². The van der Waals surface area contributed by atoms with Gasteiger partial charge in [0.05, 0.1) is 0 Å². The molecule has 1 aliphatic rings. The minimum atomic E-state index is -0.0196. The Balaban J connectivity index is 1.49. The van der Waals surface area contributed by atoms with Gasteiger partial charge in [0.15, 0.2) is 12.4 Å². The maximum absolute atomic E-state index is 12.5. The predicted octanol–water partition coefficient (Wildman–Crippen LogP) is 3.80. The van der Waals surface area contributed by atoms with E-state index in [2.05, 4.69) is 0 Å². The topological polar surface area (TPSA) is 46.6 Å². The van der Waals surface area contributed by atoms with Gasteiger partial charge in [0.1, 0.15) is 5.75 Å². The molecule has 4 nitrogen and oxygen atoms in total. The number of benzene rings is 2. The maximum atomic E-state index is 12.5. The van der Waals surface area contributed by atoms with Crippen molar-refractivity contribution >= 4 is 11.7 Å². The first-order valence-corrected chi connectivity index (χ1v) is 9.11. The van der Waals surface area contributed by atoms with E-state index in [-0.39, 0.29) is 24.2 Å². The summed E-state index contributed by atoms with van der Waals surface area (Å²) in [6.45, 7) is 5.33. The fourth-order valence-corrected chi connectivity index (χ4v) is 3.27. The van der Waals surface area contributed by atoms with E-state index in [0.717, 1.165) is 16.9 Å². The summed E-state index contributed by atoms with van der Waals surface area (Å²) < 4.78 is 5.64. The van der Waals surface area contributed by atoms with Crippen molar-refractivity contribution in [3.05, 3.63) is 65.2 Å². The van der Waals surface area contributed by atoms with Crippen molar-refractivity contribution < 1.29 is 14.3 Å². The van der Waals surface area contributed by atoms with E-state index in [4.69, 9.17) is 4.74 Å². The van der Waals surface area contributed by atoms with Crippen LogP contribution in [0.15, 0.2) is 48.5 Å². The first-order chi connectivity index (χ1) is 12.5. The molecule has 0 bridgehead atoms. The summed E-state index contributed by atoms with van der Waals surface area (Å²) in [7, 11) is 0. The van der Waals surface area contributed by atoms with Gasteiger partial charge in [0.25, 0.3) is 5.91 Å². The molecule has 0 saturated carbocycles. The summed E-state index contributed by atoms with van der Waals surface area (Å²) in [6, 6.07) is 15.2. The number of carbonyl (C=O) groups excluding carboxylic acids is 2. The van der Waals surface area contributed by atoms with Gasteiger partial charge < -0.3 is 9.64 Å². The zero-order chi connectivity index (χ0) is 18.5. The predicted molar refractivity (Wildman–Crippen MR) is 101 cm³/mol. The first kappa shape index (κ1) is 18.2. The Kier molecular flexibility index (Phi) is 5.71. The fraction of sp³-hybridized carbons (Fsp3) is 0.364. The molecule has 1 fully saturated rings. The second-order valence-corrected chi connectivity index (χ2v) is 6.92. The van der Waals surface area contributed by atoms with Crippen LogP contribution in [0.5, 0.6) is 5.75 Å². The third kappa shape index (κ3) is 4.31. The van der Waals surface area contributed by atoms with Crippen molar-refractivity contribution in [1.82, 2.24) is 4.90 Å². The van der Waals surface area contributed by atoms with Crippen LogP contribution in [-0.4, -0.2) is 36.3 Å². The molecule has 1 heterocycles. The molecular weight excluding hydrogens is 326 g/mol. The lowest BCUT2D eigenvalue weighted by Crippen LogP contribution is -2.42. The molecule has 4 heteroatoms. The van der Waals surface area contributed by atoms with Crippen LogP contribution in [0, 0.1) is 19.8 Å². The van der Waals surface area contributed by atoms with E-state index in [0.29, 0.717) is 25.9 Å². The Labute approximate surface area is 154 Å². The van der Waals surface area contributed by atoms with Crippen molar-refractivity contribution in [3.8, 4) is 5.75 Å². The SMILES string of the molecule is Cc1ccc(OCC(=O)N2CCC(C(=O)c3ccccc3)CC2)cc1C. The lowest BCUT2D eigenvalue weighted by atomic mass is 9.89. The second kappa shape index (κ2) is 8.17. The number of likely N-dealkylation sites (tertiary alicyclic amines) is 1. The molecule has 0 atom stereocenters. The number of carbonyl (C=O) groups is 2. The molecule has 2 aromatic rings. The van der Waals surface area contributed by atoms with Gasteiger partial charge in [-0.3, -0.25) is 9.59 Å². The Morgan fingerprint density at radius 1 is 1.00 bits per heavy atom. The Morgan fingerprint density at radius 2 is 1.69 bits per heavy atom. The fourth-order valence-electron chi connectivity index (χ4n) is 3.27. The average molecular weight is 351 g/mol. The zero-order valence-electron chi connectivity index (χ0n) is 15.4. The minimum Gasteiger partial charge on any atom is -0.484 e. The molecule has 0 N–H and O–H groups in total. The number of ketones is 1. The van der Waals surface area contributed by atoms with E-state index < -0.39 is 0 Å². The van der Waals surface area contributed by atoms with Gasteiger partial charge in [-0.15, -0.1) is 0 Å². The molecule has 1 aliphatic heterocycles. The Hall–Kier alpha value is -2.62. The number of hydrogen-bond acceptors (Lipinski definition) is 3. The van der Waals surface area contributed by atoms with Crippen LogP contribution in [-0.2, 0) is 4.79 Å². The molecule has 1 amide bonds. The monoisotopic (exact) mass is 351 g/mol. The van der Waals surface area contributed by atoms with Gasteiger partial charge in [-0.1, -0.05) is 36.4 Å². The van der Waals surface area contributed by atoms with Crippen LogP contribution in [0.3, 0.4) is 0 Å².